The van der Waals surface area contributed by atoms with Gasteiger partial charge in [0.25, 0.3) is 5.91 Å². The summed E-state index contributed by atoms with van der Waals surface area (Å²) in [6, 6.07) is 4.36. The average Bonchev–Trinajstić information content (AvgIpc) is 2.40. The van der Waals surface area contributed by atoms with Crippen LogP contribution in [-0.4, -0.2) is 52.9 Å². The lowest BCUT2D eigenvalue weighted by Gasteiger charge is -2.36. The van der Waals surface area contributed by atoms with Crippen molar-refractivity contribution in [2.75, 3.05) is 19.7 Å². The first kappa shape index (κ1) is 14.1. The summed E-state index contributed by atoms with van der Waals surface area (Å²) in [7, 11) is 0. The van der Waals surface area contributed by atoms with Crippen LogP contribution in [0.15, 0.2) is 18.2 Å². The molecular formula is C13H16ClNO4. The van der Waals surface area contributed by atoms with Crippen molar-refractivity contribution in [3.63, 3.8) is 0 Å². The van der Waals surface area contributed by atoms with Crippen molar-refractivity contribution in [2.45, 2.75) is 19.1 Å². The monoisotopic (exact) mass is 285 g/mol. The summed E-state index contributed by atoms with van der Waals surface area (Å²) in [6.45, 7) is 2.54. The molecule has 1 saturated heterocycles. The lowest BCUT2D eigenvalue weighted by atomic mass is 10.1. The van der Waals surface area contributed by atoms with Gasteiger partial charge in [0.15, 0.2) is 0 Å². The number of nitrogens with zero attached hydrogens (tertiary/aromatic N) is 1. The van der Waals surface area contributed by atoms with Gasteiger partial charge in [0.1, 0.15) is 5.75 Å². The molecule has 0 aliphatic carbocycles. The Morgan fingerprint density at radius 1 is 1.53 bits per heavy atom. The van der Waals surface area contributed by atoms with Crippen molar-refractivity contribution in [1.29, 1.82) is 0 Å². The van der Waals surface area contributed by atoms with Crippen LogP contribution in [0.25, 0.3) is 0 Å². The average molecular weight is 286 g/mol. The number of amides is 1. The topological polar surface area (TPSA) is 70.0 Å². The molecule has 6 heteroatoms. The van der Waals surface area contributed by atoms with E-state index < -0.39 is 0 Å². The lowest BCUT2D eigenvalue weighted by Crippen LogP contribution is -2.50. The summed E-state index contributed by atoms with van der Waals surface area (Å²) >= 11 is 5.80. The van der Waals surface area contributed by atoms with Crippen molar-refractivity contribution in [3.8, 4) is 5.75 Å². The Kier molecular flexibility index (Phi) is 4.29. The van der Waals surface area contributed by atoms with E-state index in [1.807, 2.05) is 6.92 Å². The van der Waals surface area contributed by atoms with Gasteiger partial charge in [-0.3, -0.25) is 4.79 Å². The molecule has 2 N–H and O–H groups in total. The zero-order valence-corrected chi connectivity index (χ0v) is 11.3. The highest BCUT2D eigenvalue weighted by Crippen LogP contribution is 2.25. The molecule has 1 amide bonds. The predicted octanol–water partition coefficient (Wildman–Crippen LogP) is 1.27. The zero-order valence-electron chi connectivity index (χ0n) is 10.5. The molecule has 0 saturated carbocycles. The smallest absolute Gasteiger partial charge is 0.254 e. The van der Waals surface area contributed by atoms with E-state index in [9.17, 15) is 9.90 Å². The number of morpholine rings is 1. The Labute approximate surface area is 116 Å². The quantitative estimate of drug-likeness (QED) is 0.858. The fourth-order valence-corrected chi connectivity index (χ4v) is 2.31. The van der Waals surface area contributed by atoms with Gasteiger partial charge in [-0.05, 0) is 25.1 Å². The van der Waals surface area contributed by atoms with E-state index in [4.69, 9.17) is 21.4 Å². The fraction of sp³-hybridized carbons (Fsp3) is 0.462. The lowest BCUT2D eigenvalue weighted by molar-refractivity contribution is -0.0858. The van der Waals surface area contributed by atoms with E-state index in [2.05, 4.69) is 0 Å². The summed E-state index contributed by atoms with van der Waals surface area (Å²) < 4.78 is 5.48. The Hall–Kier alpha value is -1.30. The third-order valence-electron chi connectivity index (χ3n) is 3.01. The number of carbonyl (C=O) groups excluding carboxylic acids is 1. The molecule has 5 nitrogen and oxygen atoms in total. The molecule has 1 heterocycles. The number of phenols is 1. The van der Waals surface area contributed by atoms with Crippen molar-refractivity contribution in [1.82, 2.24) is 4.90 Å². The van der Waals surface area contributed by atoms with Crippen LogP contribution in [0.2, 0.25) is 5.02 Å². The van der Waals surface area contributed by atoms with Gasteiger partial charge in [0.05, 0.1) is 23.8 Å². The second kappa shape index (κ2) is 5.77. The molecule has 1 aromatic rings. The van der Waals surface area contributed by atoms with Crippen LogP contribution in [0.3, 0.4) is 0 Å². The Bertz CT molecular complexity index is 480. The van der Waals surface area contributed by atoms with Gasteiger partial charge >= 0.3 is 0 Å². The van der Waals surface area contributed by atoms with Gasteiger partial charge in [-0.2, -0.15) is 0 Å². The van der Waals surface area contributed by atoms with E-state index >= 15 is 0 Å². The number of halogens is 1. The molecule has 104 valence electrons. The minimum atomic E-state index is -0.361. The number of hydrogen-bond acceptors (Lipinski definition) is 4. The standard InChI is InChI=1S/C13H16ClNO4/c1-8-5-15(6-10(7-16)19-8)13(18)9-2-3-12(17)11(14)4-9/h2-4,8,10,16-17H,5-7H2,1H3. The van der Waals surface area contributed by atoms with Gasteiger partial charge in [-0.1, -0.05) is 11.6 Å². The maximum Gasteiger partial charge on any atom is 0.254 e. The minimum absolute atomic E-state index is 0.0539. The highest BCUT2D eigenvalue weighted by atomic mass is 35.5. The molecule has 1 aliphatic heterocycles. The normalized spacial score (nSPS) is 23.4. The fourth-order valence-electron chi connectivity index (χ4n) is 2.13. The Morgan fingerprint density at radius 3 is 2.89 bits per heavy atom. The SMILES string of the molecule is CC1CN(C(=O)c2ccc(O)c(Cl)c2)CC(CO)O1. The molecule has 0 spiro atoms. The first-order chi connectivity index (χ1) is 9.01. The van der Waals surface area contributed by atoms with Gasteiger partial charge in [-0.15, -0.1) is 0 Å². The minimum Gasteiger partial charge on any atom is -0.506 e. The van der Waals surface area contributed by atoms with E-state index in [1.54, 1.807) is 4.90 Å². The summed E-state index contributed by atoms with van der Waals surface area (Å²) in [5, 5.41) is 18.6. The highest BCUT2D eigenvalue weighted by Gasteiger charge is 2.28. The van der Waals surface area contributed by atoms with Crippen molar-refractivity contribution < 1.29 is 19.7 Å². The van der Waals surface area contributed by atoms with Gasteiger partial charge in [-0.25, -0.2) is 0 Å². The number of rotatable bonds is 2. The van der Waals surface area contributed by atoms with Crippen molar-refractivity contribution in [3.05, 3.63) is 28.8 Å². The molecule has 1 fully saturated rings. The molecule has 0 bridgehead atoms. The number of phenolic OH excluding ortho intramolecular Hbond substituents is 1. The van der Waals surface area contributed by atoms with Crippen LogP contribution in [0.4, 0.5) is 0 Å². The Morgan fingerprint density at radius 2 is 2.26 bits per heavy atom. The second-order valence-corrected chi connectivity index (χ2v) is 5.03. The van der Waals surface area contributed by atoms with Gasteiger partial charge in [0.2, 0.25) is 0 Å². The maximum atomic E-state index is 12.3. The Balaban J connectivity index is 2.16. The molecular weight excluding hydrogens is 270 g/mol. The molecule has 2 rings (SSSR count). The molecule has 2 unspecified atom stereocenters. The highest BCUT2D eigenvalue weighted by molar-refractivity contribution is 6.32. The molecule has 1 aliphatic rings. The number of aliphatic hydroxyl groups excluding tert-OH is 1. The van der Waals surface area contributed by atoms with E-state index in [0.29, 0.717) is 18.7 Å². The van der Waals surface area contributed by atoms with Crippen LogP contribution >= 0.6 is 11.6 Å². The number of ether oxygens (including phenoxy) is 1. The van der Waals surface area contributed by atoms with Crippen molar-refractivity contribution in [2.24, 2.45) is 0 Å². The maximum absolute atomic E-state index is 12.3. The molecule has 0 aromatic heterocycles. The molecule has 0 radical (unpaired) electrons. The predicted molar refractivity (Wildman–Crippen MR) is 70.4 cm³/mol. The van der Waals surface area contributed by atoms with E-state index in [0.717, 1.165) is 0 Å². The molecule has 1 aromatic carbocycles. The van der Waals surface area contributed by atoms with Gasteiger partial charge in [0, 0.05) is 18.7 Å². The molecule has 2 atom stereocenters. The first-order valence-electron chi connectivity index (χ1n) is 6.05. The third-order valence-corrected chi connectivity index (χ3v) is 3.31. The summed E-state index contributed by atoms with van der Waals surface area (Å²) in [5.41, 5.74) is 0.411. The zero-order chi connectivity index (χ0) is 14.0. The number of carbonyl (C=O) groups is 1. The first-order valence-corrected chi connectivity index (χ1v) is 6.43. The number of hydrogen-bond donors (Lipinski definition) is 2. The molecule has 19 heavy (non-hydrogen) atoms. The second-order valence-electron chi connectivity index (χ2n) is 4.63. The van der Waals surface area contributed by atoms with Crippen LogP contribution in [0, 0.1) is 0 Å². The number of aliphatic hydroxyl groups is 1. The van der Waals surface area contributed by atoms with Crippen LogP contribution in [0.1, 0.15) is 17.3 Å². The summed E-state index contributed by atoms with van der Waals surface area (Å²) in [6.07, 6.45) is -0.484. The summed E-state index contributed by atoms with van der Waals surface area (Å²) in [5.74, 6) is -0.239. The van der Waals surface area contributed by atoms with Crippen LogP contribution in [0.5, 0.6) is 5.75 Å². The summed E-state index contributed by atoms with van der Waals surface area (Å²) in [4.78, 5) is 13.9. The van der Waals surface area contributed by atoms with Crippen molar-refractivity contribution >= 4 is 17.5 Å². The third kappa shape index (κ3) is 3.18. The van der Waals surface area contributed by atoms with E-state index in [-0.39, 0.29) is 35.5 Å². The van der Waals surface area contributed by atoms with Crippen LogP contribution < -0.4 is 0 Å². The van der Waals surface area contributed by atoms with Crippen LogP contribution in [-0.2, 0) is 4.74 Å². The number of aromatic hydroxyl groups is 1. The van der Waals surface area contributed by atoms with E-state index in [1.165, 1.54) is 18.2 Å². The van der Waals surface area contributed by atoms with Gasteiger partial charge < -0.3 is 19.8 Å². The number of benzene rings is 1. The largest absolute Gasteiger partial charge is 0.506 e.